The van der Waals surface area contributed by atoms with Crippen molar-refractivity contribution in [2.24, 2.45) is 5.92 Å². The van der Waals surface area contributed by atoms with Crippen LogP contribution in [0.5, 0.6) is 0 Å². The van der Waals surface area contributed by atoms with Gasteiger partial charge in [-0.2, -0.15) is 0 Å². The maximum Gasteiger partial charge on any atom is 0.219 e. The van der Waals surface area contributed by atoms with Crippen LogP contribution in [-0.2, 0) is 4.79 Å². The zero-order chi connectivity index (χ0) is 11.5. The second-order valence-electron chi connectivity index (χ2n) is 4.70. The van der Waals surface area contributed by atoms with Crippen molar-refractivity contribution in [3.63, 3.8) is 0 Å². The summed E-state index contributed by atoms with van der Waals surface area (Å²) in [6, 6.07) is 0. The smallest absolute Gasteiger partial charge is 0.219 e. The molecule has 0 aliphatic heterocycles. The predicted molar refractivity (Wildman–Crippen MR) is 65.8 cm³/mol. The van der Waals surface area contributed by atoms with Gasteiger partial charge in [-0.05, 0) is 18.8 Å². The highest BCUT2D eigenvalue weighted by atomic mass is 16.1. The Labute approximate surface area is 94.8 Å². The van der Waals surface area contributed by atoms with Crippen LogP contribution in [0.2, 0.25) is 0 Å². The molecule has 0 spiro atoms. The van der Waals surface area contributed by atoms with E-state index in [0.29, 0.717) is 6.42 Å². The largest absolute Gasteiger partial charge is 0.356 e. The molecule has 1 N–H and O–H groups in total. The molecule has 0 aromatic carbocycles. The molecule has 0 fully saturated rings. The third kappa shape index (κ3) is 11.4. The van der Waals surface area contributed by atoms with E-state index in [9.17, 15) is 4.79 Å². The Bertz CT molecular complexity index is 155. The lowest BCUT2D eigenvalue weighted by atomic mass is 10.0. The molecule has 1 amide bonds. The minimum atomic E-state index is 0.223. The van der Waals surface area contributed by atoms with Crippen LogP contribution in [0.1, 0.15) is 65.7 Å². The van der Waals surface area contributed by atoms with E-state index >= 15 is 0 Å². The molecule has 0 saturated carbocycles. The fraction of sp³-hybridized carbons (Fsp3) is 0.923. The lowest BCUT2D eigenvalue weighted by molar-refractivity contribution is -0.121. The summed E-state index contributed by atoms with van der Waals surface area (Å²) in [5, 5.41) is 2.90. The fourth-order valence-electron chi connectivity index (χ4n) is 1.54. The van der Waals surface area contributed by atoms with Crippen molar-refractivity contribution < 1.29 is 4.79 Å². The highest BCUT2D eigenvalue weighted by Gasteiger charge is 1.99. The Morgan fingerprint density at radius 1 is 1.13 bits per heavy atom. The Hall–Kier alpha value is -0.530. The highest BCUT2D eigenvalue weighted by Crippen LogP contribution is 2.10. The molecule has 0 heterocycles. The minimum absolute atomic E-state index is 0.223. The van der Waals surface area contributed by atoms with Crippen LogP contribution in [0.25, 0.3) is 0 Å². The van der Waals surface area contributed by atoms with Crippen molar-refractivity contribution in [2.75, 3.05) is 6.54 Å². The van der Waals surface area contributed by atoms with Gasteiger partial charge in [-0.3, -0.25) is 4.79 Å². The number of amides is 1. The molecule has 0 aromatic rings. The van der Waals surface area contributed by atoms with Gasteiger partial charge >= 0.3 is 0 Å². The molecule has 2 heteroatoms. The van der Waals surface area contributed by atoms with E-state index in [1.807, 2.05) is 0 Å². The first kappa shape index (κ1) is 14.5. The molecule has 0 atom stereocenters. The van der Waals surface area contributed by atoms with Crippen LogP contribution in [0.4, 0.5) is 0 Å². The molecule has 2 nitrogen and oxygen atoms in total. The molecule has 0 aromatic heterocycles. The number of hydrogen-bond acceptors (Lipinski definition) is 1. The number of carbonyl (C=O) groups is 1. The van der Waals surface area contributed by atoms with E-state index in [0.717, 1.165) is 25.3 Å². The van der Waals surface area contributed by atoms with Crippen molar-refractivity contribution in [1.29, 1.82) is 0 Å². The third-order valence-electron chi connectivity index (χ3n) is 2.51. The summed E-state index contributed by atoms with van der Waals surface area (Å²) in [5.74, 6) is 1.04. The van der Waals surface area contributed by atoms with Crippen LogP contribution in [0.15, 0.2) is 0 Å². The maximum atomic E-state index is 11.2. The monoisotopic (exact) mass is 213 g/mol. The molecule has 0 rings (SSSR count). The van der Waals surface area contributed by atoms with Gasteiger partial charge in [0, 0.05) is 13.0 Å². The molecule has 0 aliphatic rings. The number of carbonyl (C=O) groups excluding carboxylic acids is 1. The van der Waals surface area contributed by atoms with Gasteiger partial charge in [0.2, 0.25) is 5.91 Å². The summed E-state index contributed by atoms with van der Waals surface area (Å²) in [5.41, 5.74) is 0. The highest BCUT2D eigenvalue weighted by molar-refractivity contribution is 5.75. The Morgan fingerprint density at radius 2 is 1.80 bits per heavy atom. The SMILES string of the molecule is CCCNC(=O)CCCCCCC(C)C. The molecular formula is C13H27NO. The summed E-state index contributed by atoms with van der Waals surface area (Å²) in [6.07, 6.45) is 7.90. The maximum absolute atomic E-state index is 11.2. The van der Waals surface area contributed by atoms with E-state index in [4.69, 9.17) is 0 Å². The summed E-state index contributed by atoms with van der Waals surface area (Å²) >= 11 is 0. The van der Waals surface area contributed by atoms with E-state index in [1.54, 1.807) is 0 Å². The number of rotatable bonds is 9. The van der Waals surface area contributed by atoms with E-state index in [2.05, 4.69) is 26.1 Å². The Kier molecular flexibility index (Phi) is 9.65. The van der Waals surface area contributed by atoms with Crippen molar-refractivity contribution in [2.45, 2.75) is 65.7 Å². The minimum Gasteiger partial charge on any atom is -0.356 e. The number of unbranched alkanes of at least 4 members (excludes halogenated alkanes) is 3. The van der Waals surface area contributed by atoms with Gasteiger partial charge in [0.1, 0.15) is 0 Å². The van der Waals surface area contributed by atoms with Crippen molar-refractivity contribution in [1.82, 2.24) is 5.32 Å². The van der Waals surface area contributed by atoms with Crippen LogP contribution in [0, 0.1) is 5.92 Å². The summed E-state index contributed by atoms with van der Waals surface area (Å²) < 4.78 is 0. The first-order chi connectivity index (χ1) is 7.16. The van der Waals surface area contributed by atoms with E-state index < -0.39 is 0 Å². The van der Waals surface area contributed by atoms with E-state index in [1.165, 1.54) is 25.7 Å². The zero-order valence-corrected chi connectivity index (χ0v) is 10.6. The van der Waals surface area contributed by atoms with Gasteiger partial charge in [0.05, 0.1) is 0 Å². The average Bonchev–Trinajstić information content (AvgIpc) is 2.19. The van der Waals surface area contributed by atoms with Gasteiger partial charge in [-0.25, -0.2) is 0 Å². The third-order valence-corrected chi connectivity index (χ3v) is 2.51. The summed E-state index contributed by atoms with van der Waals surface area (Å²) in [7, 11) is 0. The number of nitrogens with one attached hydrogen (secondary N) is 1. The van der Waals surface area contributed by atoms with Gasteiger partial charge < -0.3 is 5.32 Å². The first-order valence-electron chi connectivity index (χ1n) is 6.43. The normalized spacial score (nSPS) is 10.7. The summed E-state index contributed by atoms with van der Waals surface area (Å²) in [6.45, 7) is 7.43. The van der Waals surface area contributed by atoms with Crippen molar-refractivity contribution in [3.8, 4) is 0 Å². The molecule has 15 heavy (non-hydrogen) atoms. The van der Waals surface area contributed by atoms with Gasteiger partial charge in [-0.15, -0.1) is 0 Å². The van der Waals surface area contributed by atoms with Crippen LogP contribution < -0.4 is 5.32 Å². The van der Waals surface area contributed by atoms with E-state index in [-0.39, 0.29) is 5.91 Å². The molecular weight excluding hydrogens is 186 g/mol. The number of hydrogen-bond donors (Lipinski definition) is 1. The Morgan fingerprint density at radius 3 is 2.40 bits per heavy atom. The quantitative estimate of drug-likeness (QED) is 0.583. The Balaban J connectivity index is 3.13. The second-order valence-corrected chi connectivity index (χ2v) is 4.70. The van der Waals surface area contributed by atoms with Crippen LogP contribution in [-0.4, -0.2) is 12.5 Å². The van der Waals surface area contributed by atoms with Crippen LogP contribution >= 0.6 is 0 Å². The molecule has 0 unspecified atom stereocenters. The van der Waals surface area contributed by atoms with Gasteiger partial charge in [0.25, 0.3) is 0 Å². The lowest BCUT2D eigenvalue weighted by Gasteiger charge is -2.05. The zero-order valence-electron chi connectivity index (χ0n) is 10.6. The topological polar surface area (TPSA) is 29.1 Å². The summed E-state index contributed by atoms with van der Waals surface area (Å²) in [4.78, 5) is 11.2. The molecule has 90 valence electrons. The molecule has 0 aliphatic carbocycles. The molecule has 0 radical (unpaired) electrons. The lowest BCUT2D eigenvalue weighted by Crippen LogP contribution is -2.23. The van der Waals surface area contributed by atoms with Crippen LogP contribution in [0.3, 0.4) is 0 Å². The fourth-order valence-corrected chi connectivity index (χ4v) is 1.54. The molecule has 0 saturated heterocycles. The predicted octanol–water partition coefficient (Wildman–Crippen LogP) is 3.51. The second kappa shape index (κ2) is 10.0. The van der Waals surface area contributed by atoms with Crippen molar-refractivity contribution in [3.05, 3.63) is 0 Å². The molecule has 0 bridgehead atoms. The average molecular weight is 213 g/mol. The van der Waals surface area contributed by atoms with Gasteiger partial charge in [0.15, 0.2) is 0 Å². The van der Waals surface area contributed by atoms with Crippen molar-refractivity contribution >= 4 is 5.91 Å². The standard InChI is InChI=1S/C13H27NO/c1-4-11-14-13(15)10-8-6-5-7-9-12(2)3/h12H,4-11H2,1-3H3,(H,14,15). The first-order valence-corrected chi connectivity index (χ1v) is 6.43. The van der Waals surface area contributed by atoms with Gasteiger partial charge in [-0.1, -0.05) is 46.5 Å².